The number of carbonyl (C=O) groups is 3. The predicted molar refractivity (Wildman–Crippen MR) is 126 cm³/mol. The molecule has 176 valence electrons. The van der Waals surface area contributed by atoms with E-state index in [2.05, 4.69) is 34.9 Å². The Morgan fingerprint density at radius 1 is 0.970 bits per heavy atom. The SMILES string of the molecule is CC(CCC(=O)N[C@@H](C(=O)O)C(C)C)CNC(=O)OCC1c2ccccc2-c2ccccc21. The van der Waals surface area contributed by atoms with E-state index in [0.717, 1.165) is 11.1 Å². The Kier molecular flexibility index (Phi) is 8.09. The summed E-state index contributed by atoms with van der Waals surface area (Å²) in [7, 11) is 0. The Balaban J connectivity index is 1.43. The zero-order valence-corrected chi connectivity index (χ0v) is 19.3. The number of hydrogen-bond acceptors (Lipinski definition) is 4. The standard InChI is InChI=1S/C26H32N2O5/c1-16(2)24(25(30)31)28-23(29)13-12-17(3)14-27-26(32)33-15-22-20-10-6-4-8-18(20)19-9-5-7-11-21(19)22/h4-11,16-17,22,24H,12-15H2,1-3H3,(H,27,32)(H,28,29)(H,30,31)/t17?,24-/m1/s1. The van der Waals surface area contributed by atoms with E-state index in [-0.39, 0.29) is 36.7 Å². The van der Waals surface area contributed by atoms with Crippen LogP contribution < -0.4 is 10.6 Å². The van der Waals surface area contributed by atoms with Gasteiger partial charge in [0.05, 0.1) is 0 Å². The first kappa shape index (κ1) is 24.3. The second kappa shape index (κ2) is 11.0. The number of benzene rings is 2. The number of aliphatic carboxylic acids is 1. The van der Waals surface area contributed by atoms with E-state index < -0.39 is 18.1 Å². The van der Waals surface area contributed by atoms with Crippen LogP contribution in [0.2, 0.25) is 0 Å². The topological polar surface area (TPSA) is 105 Å². The lowest BCUT2D eigenvalue weighted by molar-refractivity contribution is -0.143. The maximum Gasteiger partial charge on any atom is 0.407 e. The van der Waals surface area contributed by atoms with Crippen LogP contribution in [0.15, 0.2) is 48.5 Å². The first-order valence-corrected chi connectivity index (χ1v) is 11.4. The summed E-state index contributed by atoms with van der Waals surface area (Å²) >= 11 is 0. The van der Waals surface area contributed by atoms with Crippen molar-refractivity contribution in [3.05, 3.63) is 59.7 Å². The summed E-state index contributed by atoms with van der Waals surface area (Å²) in [6, 6.07) is 15.4. The van der Waals surface area contributed by atoms with Crippen LogP contribution in [0.3, 0.4) is 0 Å². The third-order valence-corrected chi connectivity index (χ3v) is 6.05. The van der Waals surface area contributed by atoms with Gasteiger partial charge in [0.1, 0.15) is 12.6 Å². The van der Waals surface area contributed by atoms with Crippen LogP contribution in [0.4, 0.5) is 4.79 Å². The van der Waals surface area contributed by atoms with Crippen molar-refractivity contribution in [3.8, 4) is 11.1 Å². The van der Waals surface area contributed by atoms with Crippen molar-refractivity contribution in [1.29, 1.82) is 0 Å². The average molecular weight is 453 g/mol. The number of hydrogen-bond donors (Lipinski definition) is 3. The molecule has 0 aliphatic heterocycles. The second-order valence-electron chi connectivity index (χ2n) is 8.98. The summed E-state index contributed by atoms with van der Waals surface area (Å²) in [6.07, 6.45) is 0.239. The molecule has 0 saturated heterocycles. The highest BCUT2D eigenvalue weighted by molar-refractivity contribution is 5.83. The minimum atomic E-state index is -1.04. The molecular weight excluding hydrogens is 420 g/mol. The Labute approximate surface area is 194 Å². The molecule has 2 aromatic carbocycles. The van der Waals surface area contributed by atoms with E-state index in [9.17, 15) is 19.5 Å². The lowest BCUT2D eigenvalue weighted by Crippen LogP contribution is -2.44. The highest BCUT2D eigenvalue weighted by Crippen LogP contribution is 2.44. The van der Waals surface area contributed by atoms with Gasteiger partial charge in [-0.25, -0.2) is 9.59 Å². The Morgan fingerprint density at radius 2 is 1.55 bits per heavy atom. The highest BCUT2D eigenvalue weighted by Gasteiger charge is 2.29. The molecule has 0 aromatic heterocycles. The minimum absolute atomic E-state index is 0.00686. The third-order valence-electron chi connectivity index (χ3n) is 6.05. The number of amides is 2. The molecule has 7 heteroatoms. The Hall–Kier alpha value is -3.35. The summed E-state index contributed by atoms with van der Waals surface area (Å²) in [5, 5.41) is 14.5. The van der Waals surface area contributed by atoms with E-state index in [1.165, 1.54) is 11.1 Å². The maximum absolute atomic E-state index is 12.3. The fourth-order valence-corrected chi connectivity index (χ4v) is 4.15. The zero-order chi connectivity index (χ0) is 24.0. The molecule has 1 aliphatic rings. The number of nitrogens with one attached hydrogen (secondary N) is 2. The first-order valence-electron chi connectivity index (χ1n) is 11.4. The van der Waals surface area contributed by atoms with Gasteiger partial charge in [-0.05, 0) is 40.5 Å². The lowest BCUT2D eigenvalue weighted by Gasteiger charge is -2.19. The number of carboxylic acids is 1. The summed E-state index contributed by atoms with van der Waals surface area (Å²) in [5.74, 6) is -1.49. The van der Waals surface area contributed by atoms with Crippen molar-refractivity contribution < 1.29 is 24.2 Å². The highest BCUT2D eigenvalue weighted by atomic mass is 16.5. The van der Waals surface area contributed by atoms with Gasteiger partial charge in [0.25, 0.3) is 0 Å². The summed E-state index contributed by atoms with van der Waals surface area (Å²) in [5.41, 5.74) is 4.67. The third kappa shape index (κ3) is 6.12. The van der Waals surface area contributed by atoms with Crippen LogP contribution in [-0.2, 0) is 14.3 Å². The summed E-state index contributed by atoms with van der Waals surface area (Å²) in [6.45, 7) is 6.05. The monoisotopic (exact) mass is 452 g/mol. The predicted octanol–water partition coefficient (Wildman–Crippen LogP) is 4.17. The number of carbonyl (C=O) groups excluding carboxylic acids is 2. The Morgan fingerprint density at radius 3 is 2.09 bits per heavy atom. The van der Waals surface area contributed by atoms with E-state index in [0.29, 0.717) is 13.0 Å². The number of carboxylic acid groups (broad SMARTS) is 1. The summed E-state index contributed by atoms with van der Waals surface area (Å²) < 4.78 is 5.53. The average Bonchev–Trinajstić information content (AvgIpc) is 3.11. The molecule has 7 nitrogen and oxygen atoms in total. The molecule has 0 spiro atoms. The van der Waals surface area contributed by atoms with Gasteiger partial charge < -0.3 is 20.5 Å². The van der Waals surface area contributed by atoms with Crippen molar-refractivity contribution in [2.45, 2.75) is 45.6 Å². The van der Waals surface area contributed by atoms with Gasteiger partial charge >= 0.3 is 12.1 Å². The van der Waals surface area contributed by atoms with Crippen LogP contribution in [0, 0.1) is 11.8 Å². The molecule has 0 heterocycles. The van der Waals surface area contributed by atoms with Crippen LogP contribution in [-0.4, -0.2) is 42.3 Å². The molecule has 0 fully saturated rings. The van der Waals surface area contributed by atoms with Crippen LogP contribution in [0.1, 0.15) is 50.7 Å². The Bertz CT molecular complexity index is 958. The van der Waals surface area contributed by atoms with Gasteiger partial charge in [-0.1, -0.05) is 69.3 Å². The van der Waals surface area contributed by atoms with Crippen LogP contribution >= 0.6 is 0 Å². The van der Waals surface area contributed by atoms with Gasteiger partial charge in [-0.15, -0.1) is 0 Å². The lowest BCUT2D eigenvalue weighted by atomic mass is 9.98. The largest absolute Gasteiger partial charge is 0.480 e. The first-order chi connectivity index (χ1) is 15.8. The van der Waals surface area contributed by atoms with Gasteiger partial charge in [0.2, 0.25) is 5.91 Å². The molecule has 33 heavy (non-hydrogen) atoms. The molecule has 3 rings (SSSR count). The molecular formula is C26H32N2O5. The maximum atomic E-state index is 12.3. The molecule has 1 aliphatic carbocycles. The number of alkyl carbamates (subject to hydrolysis) is 1. The van der Waals surface area contributed by atoms with Crippen molar-refractivity contribution in [3.63, 3.8) is 0 Å². The molecule has 2 atom stereocenters. The van der Waals surface area contributed by atoms with Crippen molar-refractivity contribution in [2.75, 3.05) is 13.2 Å². The fraction of sp³-hybridized carbons (Fsp3) is 0.423. The van der Waals surface area contributed by atoms with E-state index in [4.69, 9.17) is 4.74 Å². The van der Waals surface area contributed by atoms with Crippen molar-refractivity contribution in [1.82, 2.24) is 10.6 Å². The van der Waals surface area contributed by atoms with E-state index in [1.807, 2.05) is 31.2 Å². The van der Waals surface area contributed by atoms with Crippen molar-refractivity contribution in [2.24, 2.45) is 11.8 Å². The molecule has 0 radical (unpaired) electrons. The van der Waals surface area contributed by atoms with E-state index >= 15 is 0 Å². The zero-order valence-electron chi connectivity index (χ0n) is 19.3. The van der Waals surface area contributed by atoms with Crippen molar-refractivity contribution >= 4 is 18.0 Å². The molecule has 2 aromatic rings. The summed E-state index contributed by atoms with van der Waals surface area (Å²) in [4.78, 5) is 35.6. The minimum Gasteiger partial charge on any atom is -0.480 e. The normalized spacial score (nSPS) is 14.2. The molecule has 0 saturated carbocycles. The number of rotatable bonds is 10. The second-order valence-corrected chi connectivity index (χ2v) is 8.98. The smallest absolute Gasteiger partial charge is 0.407 e. The molecule has 2 amide bonds. The van der Waals surface area contributed by atoms with Gasteiger partial charge in [-0.3, -0.25) is 4.79 Å². The van der Waals surface area contributed by atoms with Gasteiger partial charge in [-0.2, -0.15) is 0 Å². The van der Waals surface area contributed by atoms with E-state index in [1.54, 1.807) is 13.8 Å². The molecule has 3 N–H and O–H groups in total. The molecule has 1 unspecified atom stereocenters. The molecule has 0 bridgehead atoms. The van der Waals surface area contributed by atoms with Crippen LogP contribution in [0.5, 0.6) is 0 Å². The fourth-order valence-electron chi connectivity index (χ4n) is 4.15. The number of fused-ring (bicyclic) bond motifs is 3. The van der Waals surface area contributed by atoms with Gasteiger partial charge in [0, 0.05) is 18.9 Å². The quantitative estimate of drug-likeness (QED) is 0.502. The number of ether oxygens (including phenoxy) is 1. The van der Waals surface area contributed by atoms with Gasteiger partial charge in [0.15, 0.2) is 0 Å². The van der Waals surface area contributed by atoms with Crippen LogP contribution in [0.25, 0.3) is 11.1 Å².